The van der Waals surface area contributed by atoms with Crippen LogP contribution >= 0.6 is 23.5 Å². The van der Waals surface area contributed by atoms with Gasteiger partial charge in [0.2, 0.25) is 0 Å². The lowest BCUT2D eigenvalue weighted by molar-refractivity contribution is -0.169. The second-order valence-corrected chi connectivity index (χ2v) is 14.9. The van der Waals surface area contributed by atoms with Crippen molar-refractivity contribution in [3.8, 4) is 0 Å². The molecular weight excluding hydrogens is 412 g/mol. The lowest BCUT2D eigenvalue weighted by Gasteiger charge is -2.60. The number of carbonyl (C=O) groups is 2. The Morgan fingerprint density at radius 3 is 2.43 bits per heavy atom. The van der Waals surface area contributed by atoms with Gasteiger partial charge in [0.05, 0.1) is 4.08 Å². The van der Waals surface area contributed by atoms with Crippen molar-refractivity contribution in [2.75, 3.05) is 11.5 Å². The standard InChI is InChI=1S/C25H38O3S2/c1-15(26)28-17-9-10-23(2)16(13-17)5-6-18-19-7-8-21(25(4)29-11-12-30-25)24(19,3)14-20(27)22(18)23/h16-19,21-22H,5-14H2,1-4H3/t16-,17-,18-,19+,21+,22+,23-,24+/m1/s1. The van der Waals surface area contributed by atoms with Crippen LogP contribution in [0.4, 0.5) is 0 Å². The zero-order valence-corrected chi connectivity index (χ0v) is 20.7. The maximum atomic E-state index is 13.9. The first kappa shape index (κ1) is 21.7. The maximum Gasteiger partial charge on any atom is 0.302 e. The van der Waals surface area contributed by atoms with Crippen molar-refractivity contribution in [1.82, 2.24) is 0 Å². The van der Waals surface area contributed by atoms with Crippen molar-refractivity contribution < 1.29 is 14.3 Å². The van der Waals surface area contributed by atoms with Crippen LogP contribution in [0.15, 0.2) is 0 Å². The molecule has 0 aromatic rings. The average Bonchev–Trinajstić information content (AvgIpc) is 3.25. The molecular formula is C25H38O3S2. The van der Waals surface area contributed by atoms with E-state index in [4.69, 9.17) is 4.74 Å². The number of hydrogen-bond donors (Lipinski definition) is 0. The van der Waals surface area contributed by atoms with Crippen LogP contribution in [-0.4, -0.2) is 33.4 Å². The summed E-state index contributed by atoms with van der Waals surface area (Å²) in [6.07, 6.45) is 8.84. The van der Waals surface area contributed by atoms with E-state index in [9.17, 15) is 9.59 Å². The molecule has 1 heterocycles. The zero-order chi connectivity index (χ0) is 21.3. The van der Waals surface area contributed by atoms with Gasteiger partial charge in [-0.25, -0.2) is 0 Å². The average molecular weight is 451 g/mol. The molecule has 5 aliphatic rings. The fraction of sp³-hybridized carbons (Fsp3) is 0.920. The second kappa shape index (κ2) is 7.43. The van der Waals surface area contributed by atoms with Gasteiger partial charge in [-0.3, -0.25) is 9.59 Å². The number of fused-ring (bicyclic) bond motifs is 5. The predicted octanol–water partition coefficient (Wildman–Crippen LogP) is 5.95. The van der Waals surface area contributed by atoms with Gasteiger partial charge in [-0.2, -0.15) is 0 Å². The molecule has 0 radical (unpaired) electrons. The highest BCUT2D eigenvalue weighted by Gasteiger charge is 2.65. The molecule has 168 valence electrons. The molecule has 4 saturated carbocycles. The van der Waals surface area contributed by atoms with Gasteiger partial charge < -0.3 is 4.74 Å². The molecule has 8 atom stereocenters. The fourth-order valence-corrected chi connectivity index (χ4v) is 12.5. The van der Waals surface area contributed by atoms with Crippen LogP contribution in [0.2, 0.25) is 0 Å². The van der Waals surface area contributed by atoms with Crippen LogP contribution in [0, 0.1) is 40.4 Å². The molecule has 1 aliphatic heterocycles. The molecule has 0 amide bonds. The summed E-state index contributed by atoms with van der Waals surface area (Å²) >= 11 is 4.32. The minimum absolute atomic E-state index is 0.0633. The van der Waals surface area contributed by atoms with Crippen LogP contribution in [0.5, 0.6) is 0 Å². The highest BCUT2D eigenvalue weighted by atomic mass is 32.2. The SMILES string of the molecule is CC(=O)O[C@@H]1CC[C@]2(C)[C@H](CC[C@H]3[C@H]2C(=O)C[C@]2(C)[C@@H](C4(C)SCCS4)CC[C@@H]32)C1. The second-order valence-electron chi connectivity index (χ2n) is 11.5. The van der Waals surface area contributed by atoms with Gasteiger partial charge in [-0.1, -0.05) is 13.8 Å². The van der Waals surface area contributed by atoms with E-state index in [1.165, 1.54) is 44.1 Å². The molecule has 4 aliphatic carbocycles. The summed E-state index contributed by atoms with van der Waals surface area (Å²) in [7, 11) is 0. The van der Waals surface area contributed by atoms with Crippen molar-refractivity contribution in [2.24, 2.45) is 40.4 Å². The van der Waals surface area contributed by atoms with Crippen LogP contribution < -0.4 is 0 Å². The summed E-state index contributed by atoms with van der Waals surface area (Å²) in [6, 6.07) is 0. The van der Waals surface area contributed by atoms with E-state index in [0.29, 0.717) is 33.5 Å². The lowest BCUT2D eigenvalue weighted by atomic mass is 9.44. The first-order valence-electron chi connectivity index (χ1n) is 12.2. The van der Waals surface area contributed by atoms with Gasteiger partial charge in [-0.05, 0) is 86.4 Å². The quantitative estimate of drug-likeness (QED) is 0.486. The Balaban J connectivity index is 1.40. The Bertz CT molecular complexity index is 732. The number of carbonyl (C=O) groups excluding carboxylic acids is 2. The Morgan fingerprint density at radius 1 is 1.00 bits per heavy atom. The molecule has 0 spiro atoms. The molecule has 5 fully saturated rings. The maximum absolute atomic E-state index is 13.9. The Morgan fingerprint density at radius 2 is 1.73 bits per heavy atom. The summed E-state index contributed by atoms with van der Waals surface area (Å²) < 4.78 is 5.89. The minimum Gasteiger partial charge on any atom is -0.463 e. The highest BCUT2D eigenvalue weighted by molar-refractivity contribution is 8.21. The molecule has 0 aromatic heterocycles. The van der Waals surface area contributed by atoms with Crippen molar-refractivity contribution in [1.29, 1.82) is 0 Å². The Kier molecular flexibility index (Phi) is 5.37. The van der Waals surface area contributed by atoms with Gasteiger partial charge in [0.15, 0.2) is 0 Å². The van der Waals surface area contributed by atoms with Gasteiger partial charge in [0.1, 0.15) is 11.9 Å². The van der Waals surface area contributed by atoms with E-state index in [2.05, 4.69) is 44.3 Å². The zero-order valence-electron chi connectivity index (χ0n) is 19.1. The molecule has 0 bridgehead atoms. The monoisotopic (exact) mass is 450 g/mol. The topological polar surface area (TPSA) is 43.4 Å². The Labute approximate surface area is 190 Å². The van der Waals surface area contributed by atoms with Crippen molar-refractivity contribution in [3.63, 3.8) is 0 Å². The number of thioether (sulfide) groups is 2. The smallest absolute Gasteiger partial charge is 0.302 e. The largest absolute Gasteiger partial charge is 0.463 e. The minimum atomic E-state index is -0.157. The van der Waals surface area contributed by atoms with Gasteiger partial charge >= 0.3 is 5.97 Å². The van der Waals surface area contributed by atoms with Crippen LogP contribution in [0.1, 0.15) is 79.1 Å². The third-order valence-electron chi connectivity index (χ3n) is 10.1. The third-order valence-corrected chi connectivity index (χ3v) is 13.6. The summed E-state index contributed by atoms with van der Waals surface area (Å²) in [4.78, 5) is 25.3. The van der Waals surface area contributed by atoms with E-state index in [-0.39, 0.29) is 28.8 Å². The van der Waals surface area contributed by atoms with E-state index in [1.54, 1.807) is 0 Å². The molecule has 5 heteroatoms. The van der Waals surface area contributed by atoms with Crippen molar-refractivity contribution in [3.05, 3.63) is 0 Å². The number of ketones is 1. The van der Waals surface area contributed by atoms with E-state index in [1.807, 2.05) is 0 Å². The molecule has 30 heavy (non-hydrogen) atoms. The van der Waals surface area contributed by atoms with E-state index < -0.39 is 0 Å². The number of rotatable bonds is 2. The molecule has 0 N–H and O–H groups in total. The summed E-state index contributed by atoms with van der Waals surface area (Å²) in [6.45, 7) is 8.89. The third kappa shape index (κ3) is 3.15. The van der Waals surface area contributed by atoms with Crippen LogP contribution in [-0.2, 0) is 14.3 Å². The molecule has 5 rings (SSSR count). The first-order chi connectivity index (χ1) is 14.2. The van der Waals surface area contributed by atoms with Crippen LogP contribution in [0.3, 0.4) is 0 Å². The lowest BCUT2D eigenvalue weighted by Crippen LogP contribution is -2.58. The van der Waals surface area contributed by atoms with Crippen molar-refractivity contribution >= 4 is 35.3 Å². The number of hydrogen-bond acceptors (Lipinski definition) is 5. The summed E-state index contributed by atoms with van der Waals surface area (Å²) in [5.41, 5.74) is 0.298. The van der Waals surface area contributed by atoms with E-state index >= 15 is 0 Å². The van der Waals surface area contributed by atoms with Gasteiger partial charge in [0.25, 0.3) is 0 Å². The van der Waals surface area contributed by atoms with E-state index in [0.717, 1.165) is 25.7 Å². The molecule has 3 nitrogen and oxygen atoms in total. The molecule has 0 unspecified atom stereocenters. The highest BCUT2D eigenvalue weighted by Crippen LogP contribution is 2.70. The number of Topliss-reactive ketones (excluding diaryl/α,β-unsaturated/α-hetero) is 1. The fourth-order valence-electron chi connectivity index (χ4n) is 8.97. The van der Waals surface area contributed by atoms with Gasteiger partial charge in [-0.15, -0.1) is 23.5 Å². The van der Waals surface area contributed by atoms with Gasteiger partial charge in [0, 0.05) is 30.8 Å². The van der Waals surface area contributed by atoms with Crippen molar-refractivity contribution in [2.45, 2.75) is 89.2 Å². The summed E-state index contributed by atoms with van der Waals surface area (Å²) in [5.74, 6) is 5.67. The Hall–Kier alpha value is -0.160. The molecule has 0 aromatic carbocycles. The number of ether oxygens (including phenoxy) is 1. The normalized spacial score (nSPS) is 49.8. The van der Waals surface area contributed by atoms with Crippen LogP contribution in [0.25, 0.3) is 0 Å². The molecule has 1 saturated heterocycles. The number of esters is 1. The first-order valence-corrected chi connectivity index (χ1v) is 14.1. The summed E-state index contributed by atoms with van der Waals surface area (Å²) in [5, 5.41) is 0. The predicted molar refractivity (Wildman–Crippen MR) is 124 cm³/mol.